The monoisotopic (exact) mass is 140 g/mol. The highest BCUT2D eigenvalue weighted by molar-refractivity contribution is 6.04. The molecular weight excluding hydrogens is 130 g/mol. The number of nitrogens with zero attached hydrogens (tertiary/aromatic N) is 1. The van der Waals surface area contributed by atoms with Crippen molar-refractivity contribution in [3.8, 4) is 0 Å². The molecule has 0 aromatic rings. The summed E-state index contributed by atoms with van der Waals surface area (Å²) in [5.41, 5.74) is 0. The fourth-order valence-electron chi connectivity index (χ4n) is 0.783. The summed E-state index contributed by atoms with van der Waals surface area (Å²) >= 11 is 0. The first-order valence-corrected chi connectivity index (χ1v) is 3.25. The molecule has 1 heterocycles. The van der Waals surface area contributed by atoms with Gasteiger partial charge in [-0.2, -0.15) is 0 Å². The van der Waals surface area contributed by atoms with Crippen LogP contribution < -0.4 is 0 Å². The van der Waals surface area contributed by atoms with E-state index >= 15 is 0 Å². The van der Waals surface area contributed by atoms with Crippen LogP contribution in [0.4, 0.5) is 0 Å². The average Bonchev–Trinajstić information content (AvgIpc) is 1.95. The molecule has 0 aromatic carbocycles. The number of ketones is 1. The molecule has 0 bridgehead atoms. The second kappa shape index (κ2) is 2.75. The van der Waals surface area contributed by atoms with Gasteiger partial charge in [0.2, 0.25) is 0 Å². The van der Waals surface area contributed by atoms with Gasteiger partial charge in [0, 0.05) is 6.08 Å². The molecule has 54 valence electrons. The van der Waals surface area contributed by atoms with Crippen molar-refractivity contribution in [2.75, 3.05) is 6.54 Å². The quantitative estimate of drug-likeness (QED) is 0.501. The fraction of sp³-hybridized carbons (Fsp3) is 0.429. The van der Waals surface area contributed by atoms with E-state index < -0.39 is 6.10 Å². The number of aliphatic hydroxyl groups excluding tert-OH is 1. The molecule has 1 aliphatic rings. The average molecular weight is 140 g/mol. The number of hydrogen-bond donors (Lipinski definition) is 1. The van der Waals surface area contributed by atoms with Crippen molar-refractivity contribution in [3.05, 3.63) is 12.3 Å². The summed E-state index contributed by atoms with van der Waals surface area (Å²) in [6.45, 7) is 2.73. The molecule has 3 nitrogen and oxygen atoms in total. The Hall–Kier alpha value is -0.960. The number of carbonyl (C=O) groups is 1. The summed E-state index contributed by atoms with van der Waals surface area (Å²) in [6.07, 6.45) is 3.61. The van der Waals surface area contributed by atoms with E-state index in [9.17, 15) is 4.79 Å². The van der Waals surface area contributed by atoms with Gasteiger partial charge in [0.25, 0.3) is 0 Å². The smallest absolute Gasteiger partial charge is 0.200 e. The molecule has 0 amide bonds. The molecule has 0 saturated heterocycles. The van der Waals surface area contributed by atoms with E-state index in [2.05, 4.69) is 0 Å². The largest absolute Gasteiger partial charge is 0.375 e. The summed E-state index contributed by atoms with van der Waals surface area (Å²) in [7, 11) is 0. The second-order valence-corrected chi connectivity index (χ2v) is 2.14. The van der Waals surface area contributed by atoms with Crippen LogP contribution in [0.2, 0.25) is 0 Å². The van der Waals surface area contributed by atoms with Crippen LogP contribution in [0.1, 0.15) is 6.92 Å². The molecule has 1 atom stereocenters. The lowest BCUT2D eigenvalue weighted by Crippen LogP contribution is -2.28. The van der Waals surface area contributed by atoms with Crippen molar-refractivity contribution in [2.45, 2.75) is 13.0 Å². The summed E-state index contributed by atoms with van der Waals surface area (Å²) in [5.74, 6) is -0.246. The Balaban J connectivity index is 2.75. The standard InChI is InChI=1S/C7H10NO2/c1-2-8-4-3-6(9)7(10)5-8/h3-5,7,10H,2H2,1H3/q+1. The van der Waals surface area contributed by atoms with Crippen molar-refractivity contribution >= 4 is 12.0 Å². The molecule has 3 heteroatoms. The summed E-state index contributed by atoms with van der Waals surface area (Å²) in [4.78, 5) is 10.7. The fourth-order valence-corrected chi connectivity index (χ4v) is 0.783. The van der Waals surface area contributed by atoms with Crippen LogP contribution in [0.15, 0.2) is 12.3 Å². The van der Waals surface area contributed by atoms with Crippen molar-refractivity contribution in [3.63, 3.8) is 0 Å². The SMILES string of the molecule is CC[N+]1=CC(O)C(=O)C=C1. The first-order valence-electron chi connectivity index (χ1n) is 3.25. The maximum absolute atomic E-state index is 10.7. The molecular formula is C7H10NO2+. The maximum Gasteiger partial charge on any atom is 0.200 e. The predicted molar refractivity (Wildman–Crippen MR) is 37.0 cm³/mol. The van der Waals surface area contributed by atoms with Crippen molar-refractivity contribution < 1.29 is 14.5 Å². The van der Waals surface area contributed by atoms with Crippen LogP contribution in [0.25, 0.3) is 0 Å². The Bertz CT molecular complexity index is 206. The van der Waals surface area contributed by atoms with Crippen molar-refractivity contribution in [2.24, 2.45) is 0 Å². The topological polar surface area (TPSA) is 40.3 Å². The van der Waals surface area contributed by atoms with Crippen LogP contribution in [-0.4, -0.2) is 34.3 Å². The third-order valence-electron chi connectivity index (χ3n) is 1.42. The number of carbonyl (C=O) groups excluding carboxylic acids is 1. The van der Waals surface area contributed by atoms with Crippen LogP contribution in [0.5, 0.6) is 0 Å². The molecule has 10 heavy (non-hydrogen) atoms. The number of aliphatic hydroxyl groups is 1. The summed E-state index contributed by atoms with van der Waals surface area (Å²) in [5, 5.41) is 8.98. The second-order valence-electron chi connectivity index (χ2n) is 2.14. The van der Waals surface area contributed by atoms with E-state index in [1.165, 1.54) is 12.3 Å². The molecule has 0 spiro atoms. The molecule has 1 unspecified atom stereocenters. The minimum absolute atomic E-state index is 0.246. The first kappa shape index (κ1) is 7.15. The minimum Gasteiger partial charge on any atom is -0.375 e. The normalized spacial score (nSPS) is 24.8. The van der Waals surface area contributed by atoms with Gasteiger partial charge < -0.3 is 5.11 Å². The van der Waals surface area contributed by atoms with Crippen LogP contribution in [0, 0.1) is 0 Å². The van der Waals surface area contributed by atoms with E-state index in [-0.39, 0.29) is 5.78 Å². The zero-order valence-corrected chi connectivity index (χ0v) is 5.82. The Morgan fingerprint density at radius 2 is 2.50 bits per heavy atom. The Kier molecular flexibility index (Phi) is 1.97. The van der Waals surface area contributed by atoms with Gasteiger partial charge in [-0.15, -0.1) is 0 Å². The van der Waals surface area contributed by atoms with Crippen molar-refractivity contribution in [1.29, 1.82) is 0 Å². The van der Waals surface area contributed by atoms with Crippen LogP contribution >= 0.6 is 0 Å². The lowest BCUT2D eigenvalue weighted by molar-refractivity contribution is -0.451. The van der Waals surface area contributed by atoms with Gasteiger partial charge in [0.15, 0.2) is 24.3 Å². The number of hydrogen-bond acceptors (Lipinski definition) is 2. The number of rotatable bonds is 1. The molecule has 0 radical (unpaired) electrons. The highest BCUT2D eigenvalue weighted by atomic mass is 16.3. The molecule has 1 N–H and O–H groups in total. The highest BCUT2D eigenvalue weighted by Crippen LogP contribution is 1.92. The molecule has 1 aliphatic heterocycles. The Labute approximate surface area is 59.3 Å². The van der Waals surface area contributed by atoms with E-state index in [4.69, 9.17) is 5.11 Å². The molecule has 0 aliphatic carbocycles. The van der Waals surface area contributed by atoms with Gasteiger partial charge >= 0.3 is 0 Å². The maximum atomic E-state index is 10.7. The lowest BCUT2D eigenvalue weighted by atomic mass is 10.2. The van der Waals surface area contributed by atoms with E-state index in [0.717, 1.165) is 6.54 Å². The Morgan fingerprint density at radius 1 is 1.80 bits per heavy atom. The zero-order chi connectivity index (χ0) is 7.56. The third kappa shape index (κ3) is 1.30. The van der Waals surface area contributed by atoms with E-state index in [1.54, 1.807) is 10.8 Å². The summed E-state index contributed by atoms with van der Waals surface area (Å²) in [6, 6.07) is 0. The van der Waals surface area contributed by atoms with Gasteiger partial charge in [-0.1, -0.05) is 0 Å². The third-order valence-corrected chi connectivity index (χ3v) is 1.42. The van der Waals surface area contributed by atoms with Crippen LogP contribution in [-0.2, 0) is 4.79 Å². The van der Waals surface area contributed by atoms with E-state index in [0.29, 0.717) is 0 Å². The summed E-state index contributed by atoms with van der Waals surface area (Å²) < 4.78 is 1.77. The van der Waals surface area contributed by atoms with E-state index in [1.807, 2.05) is 6.92 Å². The Morgan fingerprint density at radius 3 is 3.00 bits per heavy atom. The molecule has 1 rings (SSSR count). The van der Waals surface area contributed by atoms with Gasteiger partial charge in [-0.25, -0.2) is 4.58 Å². The highest BCUT2D eigenvalue weighted by Gasteiger charge is 2.18. The molecule has 0 fully saturated rings. The first-order chi connectivity index (χ1) is 4.74. The van der Waals surface area contributed by atoms with Gasteiger partial charge in [-0.3, -0.25) is 4.79 Å². The van der Waals surface area contributed by atoms with Gasteiger partial charge in [0.05, 0.1) is 0 Å². The van der Waals surface area contributed by atoms with Crippen LogP contribution in [0.3, 0.4) is 0 Å². The molecule has 0 aromatic heterocycles. The lowest BCUT2D eigenvalue weighted by Gasteiger charge is -2.02. The van der Waals surface area contributed by atoms with Gasteiger partial charge in [0.1, 0.15) is 6.54 Å². The molecule has 0 saturated carbocycles. The van der Waals surface area contributed by atoms with Crippen molar-refractivity contribution in [1.82, 2.24) is 0 Å². The minimum atomic E-state index is -0.940. The predicted octanol–water partition coefficient (Wildman–Crippen LogP) is -0.453. The zero-order valence-electron chi connectivity index (χ0n) is 5.82. The van der Waals surface area contributed by atoms with Gasteiger partial charge in [-0.05, 0) is 6.92 Å².